The quantitative estimate of drug-likeness (QED) is 0.518. The molecule has 0 aliphatic carbocycles. The molecule has 9 heteroatoms. The lowest BCUT2D eigenvalue weighted by molar-refractivity contribution is -0.130. The second-order valence-corrected chi connectivity index (χ2v) is 8.68. The highest BCUT2D eigenvalue weighted by molar-refractivity contribution is 6.39. The van der Waals surface area contributed by atoms with Crippen LogP contribution in [0.25, 0.3) is 11.0 Å². The summed E-state index contributed by atoms with van der Waals surface area (Å²) in [5.41, 5.74) is 2.31. The van der Waals surface area contributed by atoms with Crippen molar-refractivity contribution in [3.05, 3.63) is 51.8 Å². The molecule has 0 atom stereocenters. The van der Waals surface area contributed by atoms with Crippen LogP contribution in [-0.4, -0.2) is 44.6 Å². The van der Waals surface area contributed by atoms with E-state index in [4.69, 9.17) is 23.2 Å². The van der Waals surface area contributed by atoms with Gasteiger partial charge >= 0.3 is 0 Å². The van der Waals surface area contributed by atoms with Crippen molar-refractivity contribution in [3.8, 4) is 0 Å². The molecule has 1 aliphatic heterocycles. The third-order valence-corrected chi connectivity index (χ3v) is 6.35. The number of hydrogen-bond donors (Lipinski definition) is 1. The van der Waals surface area contributed by atoms with Gasteiger partial charge in [-0.25, -0.2) is 9.67 Å². The average molecular weight is 490 g/mol. The van der Waals surface area contributed by atoms with E-state index in [-0.39, 0.29) is 11.8 Å². The second-order valence-electron chi connectivity index (χ2n) is 7.86. The Kier molecular flexibility index (Phi) is 8.32. The Morgan fingerprint density at radius 2 is 1.76 bits per heavy atom. The Morgan fingerprint density at radius 3 is 2.36 bits per heavy atom. The first-order valence-electron chi connectivity index (χ1n) is 11.2. The third-order valence-electron chi connectivity index (χ3n) is 5.71. The minimum Gasteiger partial charge on any atom is -0.343 e. The number of aromatic nitrogens is 3. The molecular weight excluding hydrogens is 461 g/mol. The highest BCUT2D eigenvalue weighted by Gasteiger charge is 2.24. The molecule has 1 aromatic carbocycles. The van der Waals surface area contributed by atoms with Crippen LogP contribution in [0.3, 0.4) is 0 Å². The molecule has 2 aromatic heterocycles. The van der Waals surface area contributed by atoms with Crippen molar-refractivity contribution >= 4 is 51.7 Å². The predicted octanol–water partition coefficient (Wildman–Crippen LogP) is 5.58. The van der Waals surface area contributed by atoms with Crippen LogP contribution in [0, 0.1) is 12.8 Å². The fourth-order valence-electron chi connectivity index (χ4n) is 3.97. The number of fused-ring (bicyclic) bond motifs is 1. The smallest absolute Gasteiger partial charge is 0.258 e. The summed E-state index contributed by atoms with van der Waals surface area (Å²) in [6.07, 6.45) is 3.34. The summed E-state index contributed by atoms with van der Waals surface area (Å²) >= 11 is 12.5. The highest BCUT2D eigenvalue weighted by Crippen LogP contribution is 2.30. The van der Waals surface area contributed by atoms with Crippen molar-refractivity contribution < 1.29 is 9.59 Å². The van der Waals surface area contributed by atoms with E-state index in [1.54, 1.807) is 31.2 Å². The van der Waals surface area contributed by atoms with Crippen LogP contribution in [0.2, 0.25) is 10.0 Å². The molecule has 176 valence electrons. The molecule has 1 saturated heterocycles. The van der Waals surface area contributed by atoms with E-state index < -0.39 is 0 Å². The van der Waals surface area contributed by atoms with Gasteiger partial charge in [-0.05, 0) is 49.9 Å². The van der Waals surface area contributed by atoms with Crippen LogP contribution in [0.5, 0.6) is 0 Å². The Bertz CT molecular complexity index is 1140. The van der Waals surface area contributed by atoms with E-state index in [2.05, 4.69) is 15.4 Å². The number of carbonyl (C=O) groups excluding carboxylic acids is 2. The lowest BCUT2D eigenvalue weighted by atomic mass is 9.97. The third kappa shape index (κ3) is 5.65. The maximum atomic E-state index is 12.8. The summed E-state index contributed by atoms with van der Waals surface area (Å²) < 4.78 is 1.87. The summed E-state index contributed by atoms with van der Waals surface area (Å²) in [5.74, 6) is 0.189. The number of nitrogens with zero attached hydrogens (tertiary/aromatic N) is 4. The summed E-state index contributed by atoms with van der Waals surface area (Å²) in [4.78, 5) is 30.7. The predicted molar refractivity (Wildman–Crippen MR) is 133 cm³/mol. The van der Waals surface area contributed by atoms with Gasteiger partial charge in [0.15, 0.2) is 5.65 Å². The summed E-state index contributed by atoms with van der Waals surface area (Å²) in [6, 6.07) is 6.85. The Hall–Kier alpha value is -2.64. The standard InChI is InChI=1S/C22H23Cl2N5O2.C2H6/c1-13-19-20(24)18(22(31)26-17-5-3-16(23)4-6-17)11-25-21(19)29(27-13)12-15-7-9-28(10-8-15)14(2)30;1-2/h3-6,11,15H,7-10,12H2,1-2H3,(H,26,31);1-2H3. The molecule has 33 heavy (non-hydrogen) atoms. The minimum absolute atomic E-state index is 0.122. The van der Waals surface area contributed by atoms with Crippen molar-refractivity contribution in [2.75, 3.05) is 18.4 Å². The van der Waals surface area contributed by atoms with E-state index in [9.17, 15) is 9.59 Å². The number of piperidine rings is 1. The molecule has 0 unspecified atom stereocenters. The number of likely N-dealkylation sites (tertiary alicyclic amines) is 1. The van der Waals surface area contributed by atoms with Crippen molar-refractivity contribution in [1.29, 1.82) is 0 Å². The van der Waals surface area contributed by atoms with Crippen LogP contribution in [0.4, 0.5) is 5.69 Å². The molecule has 1 fully saturated rings. The van der Waals surface area contributed by atoms with Gasteiger partial charge in [-0.2, -0.15) is 5.10 Å². The highest BCUT2D eigenvalue weighted by atomic mass is 35.5. The van der Waals surface area contributed by atoms with Crippen LogP contribution in [0.1, 0.15) is 49.7 Å². The number of benzene rings is 1. The zero-order valence-corrected chi connectivity index (χ0v) is 20.9. The van der Waals surface area contributed by atoms with Gasteiger partial charge in [-0.15, -0.1) is 0 Å². The first-order valence-corrected chi connectivity index (χ1v) is 11.9. The van der Waals surface area contributed by atoms with E-state index in [0.717, 1.165) is 31.6 Å². The molecule has 0 saturated carbocycles. The van der Waals surface area contributed by atoms with Crippen molar-refractivity contribution in [3.63, 3.8) is 0 Å². The van der Waals surface area contributed by atoms with Gasteiger partial charge < -0.3 is 10.2 Å². The lowest BCUT2D eigenvalue weighted by Gasteiger charge is -2.31. The number of carbonyl (C=O) groups is 2. The first-order chi connectivity index (χ1) is 15.8. The molecule has 1 N–H and O–H groups in total. The van der Waals surface area contributed by atoms with Crippen LogP contribution < -0.4 is 5.32 Å². The van der Waals surface area contributed by atoms with E-state index in [0.29, 0.717) is 44.8 Å². The number of halogens is 2. The molecule has 3 heterocycles. The topological polar surface area (TPSA) is 80.1 Å². The first kappa shape index (κ1) is 25.0. The van der Waals surface area contributed by atoms with Crippen LogP contribution in [0.15, 0.2) is 30.5 Å². The second kappa shape index (κ2) is 11.0. The maximum absolute atomic E-state index is 12.8. The van der Waals surface area contributed by atoms with E-state index >= 15 is 0 Å². The van der Waals surface area contributed by atoms with Gasteiger partial charge in [0.05, 0.1) is 21.7 Å². The maximum Gasteiger partial charge on any atom is 0.258 e. The zero-order valence-electron chi connectivity index (χ0n) is 19.4. The molecule has 0 spiro atoms. The molecule has 0 bridgehead atoms. The number of rotatable bonds is 4. The molecular formula is C24H29Cl2N5O2. The average Bonchev–Trinajstić information content (AvgIpc) is 3.13. The number of amides is 2. The summed E-state index contributed by atoms with van der Waals surface area (Å²) in [6.45, 7) is 9.71. The minimum atomic E-state index is -0.342. The number of hydrogen-bond acceptors (Lipinski definition) is 4. The van der Waals surface area contributed by atoms with E-state index in [1.165, 1.54) is 6.20 Å². The number of nitrogens with one attached hydrogen (secondary N) is 1. The fraction of sp³-hybridized carbons (Fsp3) is 0.417. The summed E-state index contributed by atoms with van der Waals surface area (Å²) in [5, 5.41) is 9.07. The molecule has 1 aliphatic rings. The SMILES string of the molecule is CC.CC(=O)N1CCC(Cn2nc(C)c3c(Cl)c(C(=O)Nc4ccc(Cl)cc4)cnc32)CC1. The lowest BCUT2D eigenvalue weighted by Crippen LogP contribution is -2.38. The number of anilines is 1. The van der Waals surface area contributed by atoms with Crippen molar-refractivity contribution in [2.24, 2.45) is 5.92 Å². The Labute approximate surface area is 204 Å². The van der Waals surface area contributed by atoms with Gasteiger partial charge in [0.2, 0.25) is 5.91 Å². The number of pyridine rings is 1. The fourth-order valence-corrected chi connectivity index (χ4v) is 4.45. The van der Waals surface area contributed by atoms with Gasteiger partial charge in [0.1, 0.15) is 0 Å². The molecule has 4 rings (SSSR count). The normalized spacial score (nSPS) is 14.1. The monoisotopic (exact) mass is 489 g/mol. The number of aryl methyl sites for hydroxylation is 1. The van der Waals surface area contributed by atoms with Crippen molar-refractivity contribution in [1.82, 2.24) is 19.7 Å². The summed E-state index contributed by atoms with van der Waals surface area (Å²) in [7, 11) is 0. The van der Waals surface area contributed by atoms with Gasteiger partial charge in [-0.1, -0.05) is 37.0 Å². The van der Waals surface area contributed by atoms with Crippen molar-refractivity contribution in [2.45, 2.75) is 47.1 Å². The van der Waals surface area contributed by atoms with Gasteiger partial charge in [-0.3, -0.25) is 9.59 Å². The Balaban J connectivity index is 0.00000149. The molecule has 7 nitrogen and oxygen atoms in total. The van der Waals surface area contributed by atoms with Gasteiger partial charge in [0.25, 0.3) is 5.91 Å². The van der Waals surface area contributed by atoms with E-state index in [1.807, 2.05) is 30.4 Å². The van der Waals surface area contributed by atoms with Crippen LogP contribution in [-0.2, 0) is 11.3 Å². The zero-order chi connectivity index (χ0) is 24.1. The molecule has 2 amide bonds. The van der Waals surface area contributed by atoms with Gasteiger partial charge in [0, 0.05) is 43.5 Å². The largest absolute Gasteiger partial charge is 0.343 e. The van der Waals surface area contributed by atoms with Crippen LogP contribution >= 0.6 is 23.2 Å². The Morgan fingerprint density at radius 1 is 1.12 bits per heavy atom. The molecule has 3 aromatic rings. The molecule has 0 radical (unpaired) electrons.